The van der Waals surface area contributed by atoms with Gasteiger partial charge in [-0.25, -0.2) is 9.50 Å². The molecule has 5 aromatic heterocycles. The Balaban J connectivity index is 1.38. The molecule has 0 aromatic carbocycles. The molecule has 0 bridgehead atoms. The van der Waals surface area contributed by atoms with Gasteiger partial charge in [0, 0.05) is 31.1 Å². The van der Waals surface area contributed by atoms with E-state index >= 15 is 0 Å². The zero-order chi connectivity index (χ0) is 21.9. The summed E-state index contributed by atoms with van der Waals surface area (Å²) in [5.74, 6) is 4.42. The van der Waals surface area contributed by atoms with E-state index in [0.29, 0.717) is 6.42 Å². The van der Waals surface area contributed by atoms with Crippen LogP contribution >= 0.6 is 11.8 Å². The highest BCUT2D eigenvalue weighted by Crippen LogP contribution is 2.23. The number of aromatic nitrogens is 6. The first-order valence-corrected chi connectivity index (χ1v) is 11.8. The molecule has 0 spiro atoms. The molecule has 0 radical (unpaired) electrons. The third-order valence-corrected chi connectivity index (χ3v) is 5.78. The molecule has 5 heterocycles. The Morgan fingerprint density at radius 3 is 2.81 bits per heavy atom. The van der Waals surface area contributed by atoms with Crippen molar-refractivity contribution in [1.29, 1.82) is 0 Å². The lowest BCUT2D eigenvalue weighted by Gasteiger charge is -2.04. The number of nitrogens with zero attached hydrogens (tertiary/aromatic N) is 6. The normalized spacial score (nSPS) is 11.6. The number of fused-ring (bicyclic) bond motifs is 2. The fourth-order valence-electron chi connectivity index (χ4n) is 3.52. The Hall–Kier alpha value is -3.37. The van der Waals surface area contributed by atoms with Crippen molar-refractivity contribution in [2.24, 2.45) is 0 Å². The van der Waals surface area contributed by atoms with Crippen LogP contribution in [0.2, 0.25) is 0 Å². The number of pyridine rings is 1. The molecule has 0 atom stereocenters. The van der Waals surface area contributed by atoms with E-state index < -0.39 is 0 Å². The van der Waals surface area contributed by atoms with E-state index in [2.05, 4.69) is 37.2 Å². The molecule has 0 aliphatic rings. The van der Waals surface area contributed by atoms with Crippen molar-refractivity contribution in [2.45, 2.75) is 13.0 Å². The molecule has 0 amide bonds. The van der Waals surface area contributed by atoms with E-state index in [1.165, 1.54) is 0 Å². The van der Waals surface area contributed by atoms with Crippen molar-refractivity contribution in [3.63, 3.8) is 0 Å². The number of rotatable bonds is 9. The van der Waals surface area contributed by atoms with E-state index in [4.69, 9.17) is 4.42 Å². The van der Waals surface area contributed by atoms with Crippen LogP contribution in [0.3, 0.4) is 0 Å². The Morgan fingerprint density at radius 2 is 1.94 bits per heavy atom. The topological polar surface area (TPSA) is 97.6 Å². The summed E-state index contributed by atoms with van der Waals surface area (Å²) in [7, 11) is 1.84. The Labute approximate surface area is 189 Å². The highest BCUT2D eigenvalue weighted by Gasteiger charge is 2.12. The summed E-state index contributed by atoms with van der Waals surface area (Å²) in [6.45, 7) is 1.68. The van der Waals surface area contributed by atoms with E-state index in [9.17, 15) is 0 Å². The van der Waals surface area contributed by atoms with Gasteiger partial charge in [-0.3, -0.25) is 4.40 Å². The molecule has 0 fully saturated rings. The number of imidazole rings is 1. The minimum atomic E-state index is 0.552. The average Bonchev–Trinajstić information content (AvgIpc) is 3.54. The number of hydrogen-bond acceptors (Lipinski definition) is 8. The highest BCUT2D eigenvalue weighted by atomic mass is 32.2. The standard InChI is InChI=1S/C22H24N8OS/c1-23-19-14-30-20(25-19)8-4-16(28-30)11-22-27-26-21-7-3-15(13-29(21)22)18-6-5-17(31-18)12-24-9-10-32-2/h3-8,13-14,23-24H,9-12H2,1-2H3. The minimum Gasteiger partial charge on any atom is -0.460 e. The molecule has 9 nitrogen and oxygen atoms in total. The van der Waals surface area contributed by atoms with Gasteiger partial charge >= 0.3 is 0 Å². The molecule has 0 saturated heterocycles. The second-order valence-corrected chi connectivity index (χ2v) is 8.36. The predicted octanol–water partition coefficient (Wildman–Crippen LogP) is 3.12. The number of furan rings is 1. The zero-order valence-corrected chi connectivity index (χ0v) is 18.8. The maximum absolute atomic E-state index is 6.04. The van der Waals surface area contributed by atoms with Crippen LogP contribution in [0.1, 0.15) is 17.3 Å². The summed E-state index contributed by atoms with van der Waals surface area (Å²) in [5, 5.41) is 19.8. The van der Waals surface area contributed by atoms with Gasteiger partial charge in [-0.2, -0.15) is 16.9 Å². The van der Waals surface area contributed by atoms with Crippen LogP contribution in [0.5, 0.6) is 0 Å². The monoisotopic (exact) mass is 448 g/mol. The van der Waals surface area contributed by atoms with E-state index in [1.807, 2.05) is 72.0 Å². The Bertz CT molecular complexity index is 1350. The van der Waals surface area contributed by atoms with Crippen molar-refractivity contribution in [1.82, 2.24) is 34.5 Å². The highest BCUT2D eigenvalue weighted by molar-refractivity contribution is 7.98. The molecule has 10 heteroatoms. The largest absolute Gasteiger partial charge is 0.460 e. The van der Waals surface area contributed by atoms with Crippen LogP contribution in [-0.4, -0.2) is 54.8 Å². The number of thioether (sulfide) groups is 1. The van der Waals surface area contributed by atoms with E-state index in [0.717, 1.165) is 64.6 Å². The first-order valence-electron chi connectivity index (χ1n) is 10.4. The Kier molecular flexibility index (Phi) is 5.78. The average molecular weight is 449 g/mol. The number of nitrogens with one attached hydrogen (secondary N) is 2. The summed E-state index contributed by atoms with van der Waals surface area (Å²) in [6.07, 6.45) is 6.54. The summed E-state index contributed by atoms with van der Waals surface area (Å²) in [4.78, 5) is 4.43. The smallest absolute Gasteiger partial charge is 0.160 e. The molecule has 164 valence electrons. The van der Waals surface area contributed by atoms with Gasteiger partial charge in [-0.05, 0) is 42.7 Å². The van der Waals surface area contributed by atoms with E-state index in [1.54, 1.807) is 4.52 Å². The Morgan fingerprint density at radius 1 is 1.03 bits per heavy atom. The molecular formula is C22H24N8OS. The zero-order valence-electron chi connectivity index (χ0n) is 17.9. The minimum absolute atomic E-state index is 0.552. The van der Waals surface area contributed by atoms with Gasteiger partial charge in [-0.15, -0.1) is 10.2 Å². The lowest BCUT2D eigenvalue weighted by atomic mass is 10.2. The lowest BCUT2D eigenvalue weighted by Crippen LogP contribution is -2.15. The van der Waals surface area contributed by atoms with Gasteiger partial charge < -0.3 is 15.1 Å². The lowest BCUT2D eigenvalue weighted by molar-refractivity contribution is 0.499. The van der Waals surface area contributed by atoms with Crippen molar-refractivity contribution in [3.05, 3.63) is 66.1 Å². The van der Waals surface area contributed by atoms with Crippen LogP contribution in [0, 0.1) is 0 Å². The van der Waals surface area contributed by atoms with Crippen molar-refractivity contribution >= 4 is 28.9 Å². The molecule has 5 aromatic rings. The second kappa shape index (κ2) is 9.01. The van der Waals surface area contributed by atoms with Gasteiger partial charge in [0.05, 0.1) is 24.9 Å². The summed E-state index contributed by atoms with van der Waals surface area (Å²) in [6, 6.07) is 11.9. The molecule has 2 N–H and O–H groups in total. The van der Waals surface area contributed by atoms with Crippen LogP contribution in [0.25, 0.3) is 22.6 Å². The maximum Gasteiger partial charge on any atom is 0.160 e. The maximum atomic E-state index is 6.04. The SMILES string of the molecule is CNc1cn2nc(Cc3nnc4ccc(-c5ccc(CNCCSC)o5)cn34)ccc2n1. The fourth-order valence-corrected chi connectivity index (χ4v) is 3.87. The first-order chi connectivity index (χ1) is 15.7. The third kappa shape index (κ3) is 4.19. The van der Waals surface area contributed by atoms with Crippen LogP contribution < -0.4 is 10.6 Å². The van der Waals surface area contributed by atoms with Crippen LogP contribution in [-0.2, 0) is 13.0 Å². The number of hydrogen-bond donors (Lipinski definition) is 2. The van der Waals surface area contributed by atoms with Crippen LogP contribution in [0.4, 0.5) is 5.82 Å². The summed E-state index contributed by atoms with van der Waals surface area (Å²) in [5.41, 5.74) is 3.44. The van der Waals surface area contributed by atoms with Crippen molar-refractivity contribution in [2.75, 3.05) is 30.9 Å². The summed E-state index contributed by atoms with van der Waals surface area (Å²) >= 11 is 1.83. The second-order valence-electron chi connectivity index (χ2n) is 7.38. The molecule has 0 aliphatic heterocycles. The van der Waals surface area contributed by atoms with Gasteiger partial charge in [0.25, 0.3) is 0 Å². The number of anilines is 1. The first kappa shape index (κ1) is 20.5. The van der Waals surface area contributed by atoms with E-state index in [-0.39, 0.29) is 0 Å². The van der Waals surface area contributed by atoms with Gasteiger partial charge in [0.2, 0.25) is 0 Å². The quantitative estimate of drug-likeness (QED) is 0.332. The van der Waals surface area contributed by atoms with Gasteiger partial charge in [0.1, 0.15) is 23.2 Å². The van der Waals surface area contributed by atoms with Gasteiger partial charge in [-0.1, -0.05) is 0 Å². The third-order valence-electron chi connectivity index (χ3n) is 5.17. The molecule has 0 aliphatic carbocycles. The molecule has 5 rings (SSSR count). The van der Waals surface area contributed by atoms with Crippen LogP contribution in [0.15, 0.2) is 53.2 Å². The molecule has 0 unspecified atom stereocenters. The predicted molar refractivity (Wildman–Crippen MR) is 126 cm³/mol. The van der Waals surface area contributed by atoms with Crippen molar-refractivity contribution in [3.8, 4) is 11.3 Å². The molecular weight excluding hydrogens is 424 g/mol. The van der Waals surface area contributed by atoms with Gasteiger partial charge in [0.15, 0.2) is 11.3 Å². The fraction of sp³-hybridized carbons (Fsp3) is 0.273. The molecule has 0 saturated carbocycles. The summed E-state index contributed by atoms with van der Waals surface area (Å²) < 4.78 is 9.81. The molecule has 32 heavy (non-hydrogen) atoms. The van der Waals surface area contributed by atoms with Crippen molar-refractivity contribution < 1.29 is 4.42 Å².